The molecule has 3 heterocycles. The predicted molar refractivity (Wildman–Crippen MR) is 86.9 cm³/mol. The molecule has 7 nitrogen and oxygen atoms in total. The summed E-state index contributed by atoms with van der Waals surface area (Å²) in [5, 5.41) is 13.4. The number of hydrogen-bond donors (Lipinski definition) is 1. The number of carbonyl (C=O) groups excluding carboxylic acids is 1. The van der Waals surface area contributed by atoms with Gasteiger partial charge in [-0.1, -0.05) is 0 Å². The smallest absolute Gasteiger partial charge is 0.305 e. The van der Waals surface area contributed by atoms with Gasteiger partial charge in [-0.3, -0.25) is 9.59 Å². The Balaban J connectivity index is 1.94. The van der Waals surface area contributed by atoms with Crippen LogP contribution in [0.3, 0.4) is 0 Å². The molecule has 3 rings (SSSR count). The van der Waals surface area contributed by atoms with Crippen molar-refractivity contribution in [3.63, 3.8) is 0 Å². The fourth-order valence-electron chi connectivity index (χ4n) is 2.82. The van der Waals surface area contributed by atoms with Crippen LogP contribution in [0.5, 0.6) is 0 Å². The van der Waals surface area contributed by atoms with Crippen LogP contribution in [-0.4, -0.2) is 60.6 Å². The zero-order chi connectivity index (χ0) is 16.6. The number of thioether (sulfide) groups is 1. The van der Waals surface area contributed by atoms with E-state index in [2.05, 4.69) is 10.1 Å². The molecule has 2 aromatic rings. The second-order valence-corrected chi connectivity index (χ2v) is 6.79. The minimum Gasteiger partial charge on any atom is -0.481 e. The van der Waals surface area contributed by atoms with E-state index in [9.17, 15) is 9.59 Å². The molecule has 0 aromatic carbocycles. The number of carboxylic acids is 1. The standard InChI is InChI=1S/C15H18N4O3S/c1-9-5-13-16-7-12(10(2)19(13)17-9)15(22)18-3-4-23-8-11(18)6-14(20)21/h5,7,11H,3-4,6,8H2,1-2H3,(H,20,21). The van der Waals surface area contributed by atoms with Crippen LogP contribution in [0.15, 0.2) is 12.3 Å². The van der Waals surface area contributed by atoms with Gasteiger partial charge >= 0.3 is 5.97 Å². The summed E-state index contributed by atoms with van der Waals surface area (Å²) in [6.45, 7) is 4.26. The monoisotopic (exact) mass is 334 g/mol. The first-order valence-electron chi connectivity index (χ1n) is 7.40. The Morgan fingerprint density at radius 1 is 1.43 bits per heavy atom. The SMILES string of the molecule is Cc1cc2ncc(C(=O)N3CCSCC3CC(=O)O)c(C)n2n1. The Morgan fingerprint density at radius 3 is 2.96 bits per heavy atom. The lowest BCUT2D eigenvalue weighted by Crippen LogP contribution is -2.47. The van der Waals surface area contributed by atoms with Crippen molar-refractivity contribution >= 4 is 29.3 Å². The van der Waals surface area contributed by atoms with Gasteiger partial charge in [0, 0.05) is 30.3 Å². The molecule has 1 unspecified atom stereocenters. The molecule has 8 heteroatoms. The van der Waals surface area contributed by atoms with Crippen LogP contribution in [0, 0.1) is 13.8 Å². The molecule has 1 amide bonds. The molecule has 2 aromatic heterocycles. The highest BCUT2D eigenvalue weighted by Gasteiger charge is 2.30. The van der Waals surface area contributed by atoms with Crippen molar-refractivity contribution in [2.75, 3.05) is 18.1 Å². The number of carbonyl (C=O) groups is 2. The molecule has 122 valence electrons. The first-order valence-corrected chi connectivity index (χ1v) is 8.55. The molecular formula is C15H18N4O3S. The van der Waals surface area contributed by atoms with Crippen molar-refractivity contribution in [2.45, 2.75) is 26.3 Å². The summed E-state index contributed by atoms with van der Waals surface area (Å²) in [5.41, 5.74) is 2.74. The molecule has 1 fully saturated rings. The predicted octanol–water partition coefficient (Wildman–Crippen LogP) is 1.38. The number of aromatic nitrogens is 3. The summed E-state index contributed by atoms with van der Waals surface area (Å²) < 4.78 is 1.66. The molecule has 0 spiro atoms. The molecule has 23 heavy (non-hydrogen) atoms. The quantitative estimate of drug-likeness (QED) is 0.912. The molecule has 1 atom stereocenters. The Morgan fingerprint density at radius 2 is 2.22 bits per heavy atom. The first kappa shape index (κ1) is 15.8. The third-order valence-corrected chi connectivity index (χ3v) is 5.07. The number of amides is 1. The zero-order valence-electron chi connectivity index (χ0n) is 13.0. The van der Waals surface area contributed by atoms with Gasteiger partial charge in [0.2, 0.25) is 0 Å². The fraction of sp³-hybridized carbons (Fsp3) is 0.467. The largest absolute Gasteiger partial charge is 0.481 e. The van der Waals surface area contributed by atoms with Crippen LogP contribution in [-0.2, 0) is 4.79 Å². The maximum atomic E-state index is 12.9. The third kappa shape index (κ3) is 3.03. The summed E-state index contributed by atoms with van der Waals surface area (Å²) >= 11 is 1.68. The molecular weight excluding hydrogens is 316 g/mol. The van der Waals surface area contributed by atoms with E-state index < -0.39 is 5.97 Å². The van der Waals surface area contributed by atoms with Crippen LogP contribution >= 0.6 is 11.8 Å². The molecule has 1 N–H and O–H groups in total. The maximum Gasteiger partial charge on any atom is 0.305 e. The highest BCUT2D eigenvalue weighted by atomic mass is 32.2. The van der Waals surface area contributed by atoms with Gasteiger partial charge < -0.3 is 10.0 Å². The van der Waals surface area contributed by atoms with E-state index in [-0.39, 0.29) is 18.4 Å². The van der Waals surface area contributed by atoms with E-state index in [1.54, 1.807) is 27.4 Å². The summed E-state index contributed by atoms with van der Waals surface area (Å²) in [7, 11) is 0. The van der Waals surface area contributed by atoms with Crippen LogP contribution < -0.4 is 0 Å². The number of carboxylic acid groups (broad SMARTS) is 1. The summed E-state index contributed by atoms with van der Waals surface area (Å²) in [5.74, 6) is 0.408. The lowest BCUT2D eigenvalue weighted by Gasteiger charge is -2.34. The third-order valence-electron chi connectivity index (χ3n) is 3.98. The molecule has 0 saturated carbocycles. The van der Waals surface area contributed by atoms with Gasteiger partial charge in [0.05, 0.1) is 29.4 Å². The average Bonchev–Trinajstić information content (AvgIpc) is 2.88. The van der Waals surface area contributed by atoms with Crippen LogP contribution in [0.2, 0.25) is 0 Å². The highest BCUT2D eigenvalue weighted by Crippen LogP contribution is 2.22. The van der Waals surface area contributed by atoms with E-state index in [0.717, 1.165) is 17.1 Å². The summed E-state index contributed by atoms with van der Waals surface area (Å²) in [6.07, 6.45) is 1.53. The minimum absolute atomic E-state index is 0.0334. The molecule has 0 radical (unpaired) electrons. The number of nitrogens with zero attached hydrogens (tertiary/aromatic N) is 4. The lowest BCUT2D eigenvalue weighted by atomic mass is 10.1. The molecule has 1 saturated heterocycles. The Labute approximate surface area is 137 Å². The van der Waals surface area contributed by atoms with Crippen molar-refractivity contribution in [2.24, 2.45) is 0 Å². The van der Waals surface area contributed by atoms with Crippen molar-refractivity contribution in [1.29, 1.82) is 0 Å². The molecule has 1 aliphatic rings. The van der Waals surface area contributed by atoms with Gasteiger partial charge in [-0.25, -0.2) is 9.50 Å². The van der Waals surface area contributed by atoms with Gasteiger partial charge in [-0.2, -0.15) is 16.9 Å². The van der Waals surface area contributed by atoms with Crippen molar-refractivity contribution in [3.05, 3.63) is 29.2 Å². The number of aryl methyl sites for hydroxylation is 2. The summed E-state index contributed by atoms with van der Waals surface area (Å²) in [6, 6.07) is 1.57. The van der Waals surface area contributed by atoms with Gasteiger partial charge in [0.25, 0.3) is 5.91 Å². The minimum atomic E-state index is -0.886. The van der Waals surface area contributed by atoms with Gasteiger partial charge in [0.15, 0.2) is 5.65 Å². The van der Waals surface area contributed by atoms with E-state index >= 15 is 0 Å². The Hall–Kier alpha value is -2.09. The molecule has 0 aliphatic carbocycles. The zero-order valence-corrected chi connectivity index (χ0v) is 13.8. The second-order valence-electron chi connectivity index (χ2n) is 5.64. The van der Waals surface area contributed by atoms with Crippen LogP contribution in [0.1, 0.15) is 28.2 Å². The first-order chi connectivity index (χ1) is 11.0. The second kappa shape index (κ2) is 6.19. The number of hydrogen-bond acceptors (Lipinski definition) is 5. The fourth-order valence-corrected chi connectivity index (χ4v) is 3.88. The number of fused-ring (bicyclic) bond motifs is 1. The Bertz CT molecular complexity index is 773. The van der Waals surface area contributed by atoms with Crippen LogP contribution in [0.25, 0.3) is 5.65 Å². The highest BCUT2D eigenvalue weighted by molar-refractivity contribution is 7.99. The van der Waals surface area contributed by atoms with E-state index in [4.69, 9.17) is 5.11 Å². The van der Waals surface area contributed by atoms with Crippen molar-refractivity contribution in [1.82, 2.24) is 19.5 Å². The van der Waals surface area contributed by atoms with Crippen molar-refractivity contribution in [3.8, 4) is 0 Å². The number of aliphatic carboxylic acids is 1. The van der Waals surface area contributed by atoms with E-state index in [0.29, 0.717) is 23.5 Å². The van der Waals surface area contributed by atoms with Gasteiger partial charge in [0.1, 0.15) is 0 Å². The van der Waals surface area contributed by atoms with Gasteiger partial charge in [-0.05, 0) is 13.8 Å². The molecule has 1 aliphatic heterocycles. The topological polar surface area (TPSA) is 87.8 Å². The normalized spacial score (nSPS) is 18.3. The number of rotatable bonds is 3. The average molecular weight is 334 g/mol. The van der Waals surface area contributed by atoms with E-state index in [1.807, 2.05) is 19.9 Å². The van der Waals surface area contributed by atoms with Crippen LogP contribution in [0.4, 0.5) is 0 Å². The molecule has 0 bridgehead atoms. The lowest BCUT2D eigenvalue weighted by molar-refractivity contribution is -0.138. The summed E-state index contributed by atoms with van der Waals surface area (Å²) in [4.78, 5) is 29.9. The Kier molecular flexibility index (Phi) is 4.25. The van der Waals surface area contributed by atoms with Gasteiger partial charge in [-0.15, -0.1) is 0 Å². The van der Waals surface area contributed by atoms with E-state index in [1.165, 1.54) is 0 Å². The van der Waals surface area contributed by atoms with Crippen molar-refractivity contribution < 1.29 is 14.7 Å². The maximum absolute atomic E-state index is 12.9.